The quantitative estimate of drug-likeness (QED) is 0.558. The lowest BCUT2D eigenvalue weighted by Crippen LogP contribution is -2.07. The topological polar surface area (TPSA) is 59.3 Å². The number of nitrogens with zero attached hydrogens (tertiary/aromatic N) is 1. The van der Waals surface area contributed by atoms with E-state index in [9.17, 15) is 9.59 Å². The Bertz CT molecular complexity index is 440. The average molecular weight is 283 g/mol. The second-order valence-corrected chi connectivity index (χ2v) is 5.56. The van der Waals surface area contributed by atoms with Gasteiger partial charge < -0.3 is 9.67 Å². The molecule has 1 aromatic heterocycles. The molecule has 0 spiro atoms. The highest BCUT2D eigenvalue weighted by Crippen LogP contribution is 2.12. The number of carboxylic acids is 1. The summed E-state index contributed by atoms with van der Waals surface area (Å²) < 4.78 is 1.67. The summed E-state index contributed by atoms with van der Waals surface area (Å²) in [4.78, 5) is 22.4. The first-order valence-corrected chi connectivity index (χ1v) is 7.89. The van der Waals surface area contributed by atoms with Crippen LogP contribution in [-0.4, -0.2) is 33.4 Å². The van der Waals surface area contributed by atoms with Gasteiger partial charge in [0.15, 0.2) is 5.78 Å². The van der Waals surface area contributed by atoms with Crippen LogP contribution in [0, 0.1) is 0 Å². The van der Waals surface area contributed by atoms with Gasteiger partial charge in [-0.15, -0.1) is 0 Å². The monoisotopic (exact) mass is 283 g/mol. The van der Waals surface area contributed by atoms with Crippen LogP contribution in [0.3, 0.4) is 0 Å². The van der Waals surface area contributed by atoms with E-state index in [0.717, 1.165) is 12.8 Å². The molecule has 0 unspecified atom stereocenters. The largest absolute Gasteiger partial charge is 0.477 e. The number of aryl methyl sites for hydroxylation is 1. The van der Waals surface area contributed by atoms with Crippen LogP contribution >= 0.6 is 11.8 Å². The summed E-state index contributed by atoms with van der Waals surface area (Å²) in [5.41, 5.74) is 0.675. The summed E-state index contributed by atoms with van der Waals surface area (Å²) in [6, 6.07) is 1.46. The minimum absolute atomic E-state index is 0.0961. The van der Waals surface area contributed by atoms with E-state index in [2.05, 4.69) is 6.26 Å². The molecule has 0 amide bonds. The van der Waals surface area contributed by atoms with Crippen LogP contribution in [0.4, 0.5) is 0 Å². The molecule has 0 fully saturated rings. The number of aromatic nitrogens is 1. The molecule has 0 aromatic carbocycles. The van der Waals surface area contributed by atoms with Crippen molar-refractivity contribution in [2.75, 3.05) is 12.0 Å². The lowest BCUT2D eigenvalue weighted by molar-refractivity contribution is 0.0684. The molecule has 0 saturated heterocycles. The zero-order valence-electron chi connectivity index (χ0n) is 11.5. The van der Waals surface area contributed by atoms with E-state index in [4.69, 9.17) is 5.11 Å². The van der Waals surface area contributed by atoms with Crippen molar-refractivity contribution in [3.63, 3.8) is 0 Å². The van der Waals surface area contributed by atoms with E-state index in [1.807, 2.05) is 11.8 Å². The van der Waals surface area contributed by atoms with Gasteiger partial charge in [-0.1, -0.05) is 12.8 Å². The molecule has 19 heavy (non-hydrogen) atoms. The molecule has 0 saturated carbocycles. The van der Waals surface area contributed by atoms with Crippen LogP contribution < -0.4 is 0 Å². The van der Waals surface area contributed by atoms with Gasteiger partial charge >= 0.3 is 5.97 Å². The number of hydrogen-bond acceptors (Lipinski definition) is 3. The molecule has 4 nitrogen and oxygen atoms in total. The van der Waals surface area contributed by atoms with E-state index in [-0.39, 0.29) is 11.5 Å². The number of rotatable bonds is 9. The van der Waals surface area contributed by atoms with Crippen molar-refractivity contribution in [1.82, 2.24) is 4.57 Å². The first-order chi connectivity index (χ1) is 9.06. The highest BCUT2D eigenvalue weighted by atomic mass is 32.2. The average Bonchev–Trinajstić information content (AvgIpc) is 2.78. The van der Waals surface area contributed by atoms with Gasteiger partial charge in [-0.05, 0) is 37.8 Å². The predicted molar refractivity (Wildman–Crippen MR) is 78.2 cm³/mol. The van der Waals surface area contributed by atoms with Crippen molar-refractivity contribution in [2.45, 2.75) is 39.2 Å². The van der Waals surface area contributed by atoms with Crippen LogP contribution in [0.25, 0.3) is 0 Å². The molecule has 0 aliphatic rings. The first-order valence-electron chi connectivity index (χ1n) is 6.49. The van der Waals surface area contributed by atoms with Crippen molar-refractivity contribution < 1.29 is 14.7 Å². The third kappa shape index (κ3) is 5.11. The lowest BCUT2D eigenvalue weighted by atomic mass is 10.2. The van der Waals surface area contributed by atoms with Gasteiger partial charge in [0.25, 0.3) is 0 Å². The Kier molecular flexibility index (Phi) is 6.70. The van der Waals surface area contributed by atoms with Gasteiger partial charge in [-0.3, -0.25) is 4.79 Å². The lowest BCUT2D eigenvalue weighted by Gasteiger charge is -2.05. The number of carbonyl (C=O) groups is 2. The molecular weight excluding hydrogens is 262 g/mol. The number of ketones is 1. The summed E-state index contributed by atoms with van der Waals surface area (Å²) in [7, 11) is 0. The van der Waals surface area contributed by atoms with Crippen molar-refractivity contribution in [1.29, 1.82) is 0 Å². The molecule has 1 N–H and O–H groups in total. The number of carboxylic acid groups (broad SMARTS) is 1. The number of aromatic carboxylic acids is 1. The Hall–Kier alpha value is -1.23. The third-order valence-corrected chi connectivity index (χ3v) is 3.72. The molecule has 106 valence electrons. The third-order valence-electron chi connectivity index (χ3n) is 3.02. The zero-order chi connectivity index (χ0) is 14.3. The Balaban J connectivity index is 2.52. The molecule has 0 bridgehead atoms. The molecule has 5 heteroatoms. The van der Waals surface area contributed by atoms with Crippen LogP contribution in [0.2, 0.25) is 0 Å². The Morgan fingerprint density at radius 1 is 1.26 bits per heavy atom. The smallest absolute Gasteiger partial charge is 0.352 e. The van der Waals surface area contributed by atoms with Crippen LogP contribution in [0.5, 0.6) is 0 Å². The maximum atomic E-state index is 11.3. The highest BCUT2D eigenvalue weighted by Gasteiger charge is 2.14. The Morgan fingerprint density at radius 2 is 1.95 bits per heavy atom. The SMILES string of the molecule is CSCCCCCCn1cc(C(C)=O)cc1C(=O)O. The van der Waals surface area contributed by atoms with Gasteiger partial charge in [0.05, 0.1) is 0 Å². The van der Waals surface area contributed by atoms with Gasteiger partial charge in [-0.25, -0.2) is 4.79 Å². The number of carbonyl (C=O) groups excluding carboxylic acids is 1. The van der Waals surface area contributed by atoms with Gasteiger partial charge in [0.1, 0.15) is 5.69 Å². The van der Waals surface area contributed by atoms with Gasteiger partial charge in [0.2, 0.25) is 0 Å². The highest BCUT2D eigenvalue weighted by molar-refractivity contribution is 7.98. The van der Waals surface area contributed by atoms with Crippen LogP contribution in [0.1, 0.15) is 53.5 Å². The number of Topliss-reactive ketones (excluding diaryl/α,β-unsaturated/α-hetero) is 1. The molecule has 1 heterocycles. The van der Waals surface area contributed by atoms with Crippen molar-refractivity contribution >= 4 is 23.5 Å². The van der Waals surface area contributed by atoms with Crippen molar-refractivity contribution in [3.8, 4) is 0 Å². The second-order valence-electron chi connectivity index (χ2n) is 4.58. The van der Waals surface area contributed by atoms with E-state index in [0.29, 0.717) is 12.1 Å². The zero-order valence-corrected chi connectivity index (χ0v) is 12.3. The second kappa shape index (κ2) is 8.04. The minimum Gasteiger partial charge on any atom is -0.477 e. The molecule has 0 radical (unpaired) electrons. The maximum Gasteiger partial charge on any atom is 0.352 e. The van der Waals surface area contributed by atoms with E-state index >= 15 is 0 Å². The molecule has 0 aliphatic carbocycles. The van der Waals surface area contributed by atoms with Gasteiger partial charge in [-0.2, -0.15) is 11.8 Å². The first kappa shape index (κ1) is 15.8. The van der Waals surface area contributed by atoms with E-state index in [1.165, 1.54) is 31.6 Å². The molecule has 1 rings (SSSR count). The fourth-order valence-corrected chi connectivity index (χ4v) is 2.44. The normalized spacial score (nSPS) is 10.6. The number of hydrogen-bond donors (Lipinski definition) is 1. The number of unbranched alkanes of at least 4 members (excludes halogenated alkanes) is 3. The fraction of sp³-hybridized carbons (Fsp3) is 0.571. The summed E-state index contributed by atoms with van der Waals surface area (Å²) in [6.45, 7) is 2.11. The van der Waals surface area contributed by atoms with E-state index < -0.39 is 5.97 Å². The standard InChI is InChI=1S/C14H21NO3S/c1-11(16)12-9-13(14(17)18)15(10-12)7-5-3-4-6-8-19-2/h9-10H,3-8H2,1-2H3,(H,17,18). The van der Waals surface area contributed by atoms with Crippen LogP contribution in [-0.2, 0) is 6.54 Å². The summed E-state index contributed by atoms with van der Waals surface area (Å²) in [5, 5.41) is 9.10. The molecular formula is C14H21NO3S. The number of thioether (sulfide) groups is 1. The van der Waals surface area contributed by atoms with Gasteiger partial charge in [0, 0.05) is 18.3 Å². The molecule has 1 aromatic rings. The molecule has 0 atom stereocenters. The van der Waals surface area contributed by atoms with Crippen LogP contribution in [0.15, 0.2) is 12.3 Å². The predicted octanol–water partition coefficient (Wildman–Crippen LogP) is 3.31. The molecule has 0 aliphatic heterocycles. The fourth-order valence-electron chi connectivity index (χ4n) is 1.95. The van der Waals surface area contributed by atoms with E-state index in [1.54, 1.807) is 10.8 Å². The minimum atomic E-state index is -0.977. The van der Waals surface area contributed by atoms with Crippen molar-refractivity contribution in [2.24, 2.45) is 0 Å². The Morgan fingerprint density at radius 3 is 2.53 bits per heavy atom. The summed E-state index contributed by atoms with van der Waals surface area (Å²) in [5.74, 6) is 0.106. The van der Waals surface area contributed by atoms with Crippen molar-refractivity contribution in [3.05, 3.63) is 23.5 Å². The summed E-state index contributed by atoms with van der Waals surface area (Å²) in [6.07, 6.45) is 8.16. The Labute approximate surface area is 118 Å². The summed E-state index contributed by atoms with van der Waals surface area (Å²) >= 11 is 1.85. The maximum absolute atomic E-state index is 11.3.